The second-order valence-corrected chi connectivity index (χ2v) is 24.8. The molecule has 27 nitrogen and oxygen atoms in total. The van der Waals surface area contributed by atoms with Crippen molar-refractivity contribution in [2.45, 2.75) is 167 Å². The number of carbonyl (C=O) groups excluding carboxylic acids is 7. The molecule has 1 aliphatic heterocycles. The highest BCUT2D eigenvalue weighted by Gasteiger charge is 2.67. The zero-order valence-electron chi connectivity index (χ0n) is 50.4. The van der Waals surface area contributed by atoms with Gasteiger partial charge in [-0.05, 0) is 84.8 Å². The molecule has 488 valence electrons. The predicted molar refractivity (Wildman–Crippen MR) is 325 cm³/mol. The minimum atomic E-state index is -4.72. The number of ether oxygens (including phenoxy) is 4. The molecule has 2 fully saturated rings. The molecule has 3 aromatic rings. The van der Waals surface area contributed by atoms with E-state index in [0.29, 0.717) is 28.4 Å². The Morgan fingerprint density at radius 1 is 0.693 bits per heavy atom. The Bertz CT molecular complexity index is 2890. The van der Waals surface area contributed by atoms with Gasteiger partial charge in [0.15, 0.2) is 5.78 Å². The predicted octanol–water partition coefficient (Wildman–Crippen LogP) is 4.60. The van der Waals surface area contributed by atoms with Gasteiger partial charge < -0.3 is 70.4 Å². The smallest absolute Gasteiger partial charge is 0.356 e. The molecule has 0 unspecified atom stereocenters. The molecule has 9 N–H and O–H groups in total. The van der Waals surface area contributed by atoms with Gasteiger partial charge in [-0.2, -0.15) is 5.10 Å². The number of amides is 6. The Labute approximate surface area is 520 Å². The van der Waals surface area contributed by atoms with Gasteiger partial charge in [0.05, 0.1) is 50.5 Å². The monoisotopic (exact) mass is 1320 g/mol. The number of piperidine rings is 1. The quantitative estimate of drug-likeness (QED) is 0.0161. The van der Waals surface area contributed by atoms with Gasteiger partial charge in [0.1, 0.15) is 48.0 Å². The first-order valence-corrected chi connectivity index (χ1v) is 32.7. The minimum absolute atomic E-state index is 0.00536. The highest BCUT2D eigenvalue weighted by atomic mass is 79.9. The standard InChI is InChI=1S/C59H87BrN9O18P/c1-40-19-23-48(60)65-56(40)66-57(78)46-34-59(35-47(59)69(46)53(75)36-68-45-33-42(88(81,82)83)20-21-43(45)55(67-68)41(2)70)39-63-52(74)38-87-32-30-85-28-26-62-51(73)37-86-31-29-84-27-25-61-49(71)24-22-44(58(79)80)64-50(72)17-15-13-11-9-7-5-3-4-6-8-10-12-14-16-18-54(76)77/h19-21,23,33,44,46-47H,3-18,22,24-32,34-39H2,1-2H3,(H,61,71)(H,62,73)(H,63,74)(H,64,72)(H,76,77)(H,79,80)(H,65,66,78)(H2,81,82,83)/t44-,46-,47+,59-/m0/s1. The molecular formula is C59H87BrN9O18P. The van der Waals surface area contributed by atoms with Crippen molar-refractivity contribution in [3.63, 3.8) is 0 Å². The Balaban J connectivity index is 0.866. The van der Waals surface area contributed by atoms with Crippen molar-refractivity contribution < 1.29 is 86.7 Å². The summed E-state index contributed by atoms with van der Waals surface area (Å²) in [4.78, 5) is 139. The van der Waals surface area contributed by atoms with Gasteiger partial charge in [0.25, 0.3) is 0 Å². The van der Waals surface area contributed by atoms with E-state index in [9.17, 15) is 62.6 Å². The fraction of sp³-hybridized carbons (Fsp3) is 0.644. The molecule has 0 spiro atoms. The second-order valence-electron chi connectivity index (χ2n) is 22.3. The number of rotatable bonds is 46. The van der Waals surface area contributed by atoms with Gasteiger partial charge in [0, 0.05) is 62.7 Å². The summed E-state index contributed by atoms with van der Waals surface area (Å²) in [6, 6.07) is 4.60. The van der Waals surface area contributed by atoms with Crippen molar-refractivity contribution in [1.82, 2.24) is 40.9 Å². The number of carboxylic acid groups (broad SMARTS) is 2. The van der Waals surface area contributed by atoms with E-state index >= 15 is 0 Å². The van der Waals surface area contributed by atoms with Crippen molar-refractivity contribution in [3.05, 3.63) is 46.2 Å². The summed E-state index contributed by atoms with van der Waals surface area (Å²) in [5, 5.41) is 36.1. The molecule has 1 aromatic carbocycles. The third-order valence-corrected chi connectivity index (χ3v) is 16.7. The molecule has 1 aliphatic carbocycles. The van der Waals surface area contributed by atoms with Crippen molar-refractivity contribution in [2.24, 2.45) is 5.41 Å². The number of fused-ring (bicyclic) bond motifs is 2. The molecule has 0 bridgehead atoms. The normalized spacial score (nSPS) is 16.4. The van der Waals surface area contributed by atoms with Crippen molar-refractivity contribution >= 4 is 98.7 Å². The van der Waals surface area contributed by atoms with Crippen LogP contribution in [0.3, 0.4) is 0 Å². The molecule has 88 heavy (non-hydrogen) atoms. The molecule has 4 atom stereocenters. The Kier molecular flexibility index (Phi) is 31.0. The molecule has 6 amide bonds. The molecule has 3 heterocycles. The van der Waals surface area contributed by atoms with Crippen LogP contribution in [0, 0.1) is 12.3 Å². The number of unbranched alkanes of at least 4 members (excludes halogenated alkanes) is 13. The Morgan fingerprint density at radius 3 is 1.82 bits per heavy atom. The highest BCUT2D eigenvalue weighted by molar-refractivity contribution is 9.10. The van der Waals surface area contributed by atoms with Crippen LogP contribution in [0.4, 0.5) is 5.82 Å². The molecular weight excluding hydrogens is 1230 g/mol. The van der Waals surface area contributed by atoms with Crippen LogP contribution >= 0.6 is 23.5 Å². The zero-order valence-corrected chi connectivity index (χ0v) is 52.8. The summed E-state index contributed by atoms with van der Waals surface area (Å²) in [6.45, 7) is 3.28. The van der Waals surface area contributed by atoms with Gasteiger partial charge in [0.2, 0.25) is 35.4 Å². The van der Waals surface area contributed by atoms with Crippen LogP contribution in [0.25, 0.3) is 10.9 Å². The largest absolute Gasteiger partial charge is 0.481 e. The van der Waals surface area contributed by atoms with E-state index in [-0.39, 0.29) is 145 Å². The van der Waals surface area contributed by atoms with E-state index < -0.39 is 73.1 Å². The summed E-state index contributed by atoms with van der Waals surface area (Å²) < 4.78 is 35.6. The van der Waals surface area contributed by atoms with E-state index in [2.05, 4.69) is 52.6 Å². The molecule has 5 rings (SSSR count). The third kappa shape index (κ3) is 25.3. The number of halogens is 1. The van der Waals surface area contributed by atoms with Gasteiger partial charge in [-0.25, -0.2) is 9.78 Å². The number of Topliss-reactive ketones (excluding diaryl/α,β-unsaturated/α-hetero) is 1. The van der Waals surface area contributed by atoms with E-state index in [4.69, 9.17) is 24.1 Å². The number of carboxylic acids is 2. The topological polar surface area (TPSA) is 383 Å². The lowest BCUT2D eigenvalue weighted by atomic mass is 9.99. The summed E-state index contributed by atoms with van der Waals surface area (Å²) in [5.74, 6) is -4.69. The maximum atomic E-state index is 14.3. The molecule has 1 saturated carbocycles. The lowest BCUT2D eigenvalue weighted by Crippen LogP contribution is -2.47. The first-order chi connectivity index (χ1) is 42.1. The average molecular weight is 1320 g/mol. The zero-order chi connectivity index (χ0) is 64.1. The Morgan fingerprint density at radius 2 is 1.25 bits per heavy atom. The second kappa shape index (κ2) is 37.7. The van der Waals surface area contributed by atoms with Crippen LogP contribution in [0.15, 0.2) is 34.9 Å². The number of aryl methyl sites for hydroxylation is 1. The molecule has 29 heteroatoms. The van der Waals surface area contributed by atoms with E-state index in [0.717, 1.165) is 51.4 Å². The van der Waals surface area contributed by atoms with Gasteiger partial charge in [-0.3, -0.25) is 47.6 Å². The number of hydrogen-bond donors (Lipinski definition) is 9. The van der Waals surface area contributed by atoms with Gasteiger partial charge >= 0.3 is 19.5 Å². The summed E-state index contributed by atoms with van der Waals surface area (Å²) >= 11 is 3.32. The van der Waals surface area contributed by atoms with Gasteiger partial charge in [-0.1, -0.05) is 83.1 Å². The van der Waals surface area contributed by atoms with Crippen molar-refractivity contribution in [3.8, 4) is 0 Å². The molecule has 0 radical (unpaired) electrons. The highest BCUT2D eigenvalue weighted by Crippen LogP contribution is 2.59. The first kappa shape index (κ1) is 72.5. The fourth-order valence-corrected chi connectivity index (χ4v) is 11.3. The van der Waals surface area contributed by atoms with Crippen molar-refractivity contribution in [1.29, 1.82) is 0 Å². The van der Waals surface area contributed by atoms with Crippen LogP contribution in [0.2, 0.25) is 0 Å². The van der Waals surface area contributed by atoms with Crippen LogP contribution in [0.5, 0.6) is 0 Å². The number of likely N-dealkylation sites (tertiary alicyclic amines) is 1. The van der Waals surface area contributed by atoms with Crippen LogP contribution < -0.4 is 31.9 Å². The maximum absolute atomic E-state index is 14.3. The summed E-state index contributed by atoms with van der Waals surface area (Å²) in [7, 11) is -4.72. The number of anilines is 1. The van der Waals surface area contributed by atoms with E-state index in [1.807, 2.05) is 0 Å². The third-order valence-electron chi connectivity index (χ3n) is 15.3. The van der Waals surface area contributed by atoms with E-state index in [1.165, 1.54) is 66.8 Å². The maximum Gasteiger partial charge on any atom is 0.356 e. The SMILES string of the molecule is CC(=O)c1nn(CC(=O)N2[C@H](C(=O)Nc3nc(Br)ccc3C)C[C@@]3(CNC(=O)COCCOCCNC(=O)COCCOCCNC(=O)CC[C@H](NC(=O)CCCCCCCCCCCCCCCCC(=O)O)C(=O)O)C[C@@H]23)c2cc(P(=O)(O)O)ccc12. The number of aromatic nitrogens is 3. The number of hydrogen-bond acceptors (Lipinski definition) is 16. The summed E-state index contributed by atoms with van der Waals surface area (Å²) in [6.07, 6.45) is 15.8. The molecule has 2 aliphatic rings. The fourth-order valence-electron chi connectivity index (χ4n) is 10.5. The minimum Gasteiger partial charge on any atom is -0.481 e. The van der Waals surface area contributed by atoms with Crippen molar-refractivity contribution in [2.75, 3.05) is 77.8 Å². The lowest BCUT2D eigenvalue weighted by Gasteiger charge is -2.27. The number of nitrogens with zero attached hydrogens (tertiary/aromatic N) is 4. The number of nitrogens with one attached hydrogen (secondary N) is 5. The molecule has 2 aromatic heterocycles. The van der Waals surface area contributed by atoms with E-state index in [1.54, 1.807) is 19.1 Å². The number of pyridine rings is 1. The van der Waals surface area contributed by atoms with Crippen LogP contribution in [0.1, 0.15) is 151 Å². The Hall–Kier alpha value is -6.26. The molecule has 1 saturated heterocycles. The number of carbonyl (C=O) groups is 9. The van der Waals surface area contributed by atoms with Gasteiger partial charge in [-0.15, -0.1) is 0 Å². The number of aliphatic carboxylic acids is 2. The van der Waals surface area contributed by atoms with Crippen LogP contribution in [-0.4, -0.2) is 183 Å². The lowest BCUT2D eigenvalue weighted by molar-refractivity contribution is -0.142. The summed E-state index contributed by atoms with van der Waals surface area (Å²) in [5.41, 5.74) is 0.168. The van der Waals surface area contributed by atoms with Crippen LogP contribution in [-0.2, 0) is 68.4 Å². The number of benzene rings is 1. The number of ketones is 1. The first-order valence-electron chi connectivity index (χ1n) is 30.3. The average Bonchev–Trinajstić information content (AvgIpc) is 1.58.